The number of piperazine rings is 1. The lowest BCUT2D eigenvalue weighted by molar-refractivity contribution is -0.121. The second-order valence-corrected chi connectivity index (χ2v) is 7.04. The molecular formula is C20H27N5O3. The van der Waals surface area contributed by atoms with Crippen molar-refractivity contribution < 1.29 is 4.79 Å². The highest BCUT2D eigenvalue weighted by atomic mass is 16.2. The van der Waals surface area contributed by atoms with Gasteiger partial charge in [0.25, 0.3) is 5.56 Å². The molecule has 1 aliphatic heterocycles. The number of hydrogen-bond acceptors (Lipinski definition) is 5. The molecule has 28 heavy (non-hydrogen) atoms. The van der Waals surface area contributed by atoms with Gasteiger partial charge in [0.05, 0.1) is 0 Å². The SMILES string of the molecule is CCN1CCN(Cc2ccc(CNC(=O)Cn3ccc(=O)[nH]c3=O)cc2)CC1. The lowest BCUT2D eigenvalue weighted by Gasteiger charge is -2.34. The molecule has 0 saturated carbocycles. The van der Waals surface area contributed by atoms with E-state index < -0.39 is 11.2 Å². The fourth-order valence-electron chi connectivity index (χ4n) is 3.26. The first kappa shape index (κ1) is 20.0. The van der Waals surface area contributed by atoms with Gasteiger partial charge >= 0.3 is 5.69 Å². The Balaban J connectivity index is 1.45. The predicted octanol–water partition coefficient (Wildman–Crippen LogP) is -0.00950. The average Bonchev–Trinajstić information content (AvgIpc) is 2.70. The molecule has 1 aliphatic rings. The lowest BCUT2D eigenvalue weighted by Crippen LogP contribution is -2.45. The number of benzene rings is 1. The summed E-state index contributed by atoms with van der Waals surface area (Å²) in [5.41, 5.74) is 1.20. The Bertz CT molecular complexity index is 895. The van der Waals surface area contributed by atoms with Gasteiger partial charge in [0.1, 0.15) is 6.54 Å². The van der Waals surface area contributed by atoms with E-state index in [0.29, 0.717) is 6.54 Å². The van der Waals surface area contributed by atoms with Gasteiger partial charge in [0.2, 0.25) is 5.91 Å². The minimum atomic E-state index is -0.591. The van der Waals surface area contributed by atoms with Crippen LogP contribution in [0.3, 0.4) is 0 Å². The summed E-state index contributed by atoms with van der Waals surface area (Å²) in [5, 5.41) is 2.79. The minimum absolute atomic E-state index is 0.128. The van der Waals surface area contributed by atoms with Gasteiger partial charge in [0, 0.05) is 51.5 Å². The molecule has 1 fully saturated rings. The van der Waals surface area contributed by atoms with Crippen LogP contribution in [0.5, 0.6) is 0 Å². The summed E-state index contributed by atoms with van der Waals surface area (Å²) in [6, 6.07) is 9.45. The van der Waals surface area contributed by atoms with Crippen LogP contribution in [0.2, 0.25) is 0 Å². The van der Waals surface area contributed by atoms with Crippen LogP contribution in [-0.4, -0.2) is 58.0 Å². The smallest absolute Gasteiger partial charge is 0.328 e. The van der Waals surface area contributed by atoms with Crippen molar-refractivity contribution in [2.45, 2.75) is 26.6 Å². The second-order valence-electron chi connectivity index (χ2n) is 7.04. The Labute approximate surface area is 163 Å². The summed E-state index contributed by atoms with van der Waals surface area (Å²) in [5.74, 6) is -0.285. The monoisotopic (exact) mass is 385 g/mol. The third-order valence-electron chi connectivity index (χ3n) is 5.04. The molecule has 0 spiro atoms. The number of nitrogens with zero attached hydrogens (tertiary/aromatic N) is 3. The Morgan fingerprint density at radius 3 is 2.29 bits per heavy atom. The largest absolute Gasteiger partial charge is 0.350 e. The topological polar surface area (TPSA) is 90.4 Å². The Hall–Kier alpha value is -2.71. The minimum Gasteiger partial charge on any atom is -0.350 e. The van der Waals surface area contributed by atoms with Crippen LogP contribution in [0.4, 0.5) is 0 Å². The number of aromatic nitrogens is 2. The standard InChI is InChI=1S/C20H27N5O3/c1-2-23-9-11-24(12-10-23)14-17-5-3-16(4-6-17)13-21-19(27)15-25-8-7-18(26)22-20(25)28/h3-8H,2,9-15H2,1H3,(H,21,27)(H,22,26,28). The van der Waals surface area contributed by atoms with Gasteiger partial charge in [0.15, 0.2) is 0 Å². The number of amides is 1. The maximum absolute atomic E-state index is 12.0. The molecule has 2 N–H and O–H groups in total. The summed E-state index contributed by atoms with van der Waals surface area (Å²) in [6.45, 7) is 8.96. The van der Waals surface area contributed by atoms with Crippen LogP contribution >= 0.6 is 0 Å². The number of aromatic amines is 1. The van der Waals surface area contributed by atoms with Gasteiger partial charge in [-0.2, -0.15) is 0 Å². The van der Waals surface area contributed by atoms with Crippen molar-refractivity contribution >= 4 is 5.91 Å². The number of nitrogens with one attached hydrogen (secondary N) is 2. The van der Waals surface area contributed by atoms with E-state index in [0.717, 1.165) is 49.4 Å². The zero-order valence-electron chi connectivity index (χ0n) is 16.2. The second kappa shape index (κ2) is 9.48. The quantitative estimate of drug-likeness (QED) is 0.700. The van der Waals surface area contributed by atoms with Gasteiger partial charge in [-0.15, -0.1) is 0 Å². The van der Waals surface area contributed by atoms with Crippen molar-refractivity contribution in [3.05, 3.63) is 68.5 Å². The Morgan fingerprint density at radius 1 is 1.00 bits per heavy atom. The number of carbonyl (C=O) groups excluding carboxylic acids is 1. The molecule has 0 bridgehead atoms. The number of H-pyrrole nitrogens is 1. The first-order valence-electron chi connectivity index (χ1n) is 9.62. The zero-order valence-corrected chi connectivity index (χ0v) is 16.2. The molecule has 150 valence electrons. The van der Waals surface area contributed by atoms with Gasteiger partial charge in [-0.05, 0) is 17.7 Å². The molecule has 0 radical (unpaired) electrons. The van der Waals surface area contributed by atoms with Gasteiger partial charge in [-0.3, -0.25) is 24.0 Å². The van der Waals surface area contributed by atoms with Crippen molar-refractivity contribution in [1.82, 2.24) is 24.7 Å². The van der Waals surface area contributed by atoms with Gasteiger partial charge < -0.3 is 10.2 Å². The van der Waals surface area contributed by atoms with Crippen molar-refractivity contribution in [3.63, 3.8) is 0 Å². The Kier molecular flexibility index (Phi) is 6.78. The molecule has 1 aromatic heterocycles. The highest BCUT2D eigenvalue weighted by Gasteiger charge is 2.15. The lowest BCUT2D eigenvalue weighted by atomic mass is 10.1. The molecule has 3 rings (SSSR count). The molecule has 1 amide bonds. The van der Waals surface area contributed by atoms with E-state index in [1.807, 2.05) is 12.1 Å². The van der Waals surface area contributed by atoms with E-state index in [9.17, 15) is 14.4 Å². The summed E-state index contributed by atoms with van der Waals surface area (Å²) in [6.07, 6.45) is 1.32. The molecular weight excluding hydrogens is 358 g/mol. The van der Waals surface area contributed by atoms with Crippen LogP contribution in [-0.2, 0) is 24.4 Å². The van der Waals surface area contributed by atoms with Crippen molar-refractivity contribution in [3.8, 4) is 0 Å². The predicted molar refractivity (Wildman–Crippen MR) is 107 cm³/mol. The molecule has 2 heterocycles. The molecule has 1 saturated heterocycles. The first-order chi connectivity index (χ1) is 13.5. The summed E-state index contributed by atoms with van der Waals surface area (Å²) >= 11 is 0. The van der Waals surface area contributed by atoms with Crippen molar-refractivity contribution in [1.29, 1.82) is 0 Å². The average molecular weight is 385 g/mol. The molecule has 2 aromatic rings. The van der Waals surface area contributed by atoms with Crippen LogP contribution in [0.25, 0.3) is 0 Å². The third-order valence-corrected chi connectivity index (χ3v) is 5.04. The maximum Gasteiger partial charge on any atom is 0.328 e. The molecule has 0 atom stereocenters. The number of rotatable bonds is 7. The molecule has 8 nitrogen and oxygen atoms in total. The fraction of sp³-hybridized carbons (Fsp3) is 0.450. The first-order valence-corrected chi connectivity index (χ1v) is 9.62. The zero-order chi connectivity index (χ0) is 19.9. The number of hydrogen-bond donors (Lipinski definition) is 2. The van der Waals surface area contributed by atoms with Crippen LogP contribution in [0.1, 0.15) is 18.1 Å². The summed E-state index contributed by atoms with van der Waals surface area (Å²) in [7, 11) is 0. The molecule has 0 aliphatic carbocycles. The number of carbonyl (C=O) groups is 1. The number of likely N-dealkylation sites (N-methyl/N-ethyl adjacent to an activating group) is 1. The normalized spacial score (nSPS) is 15.5. The third kappa shape index (κ3) is 5.64. The highest BCUT2D eigenvalue weighted by Crippen LogP contribution is 2.10. The van der Waals surface area contributed by atoms with Crippen LogP contribution in [0, 0.1) is 0 Å². The van der Waals surface area contributed by atoms with Gasteiger partial charge in [-0.25, -0.2) is 4.79 Å². The molecule has 1 aromatic carbocycles. The summed E-state index contributed by atoms with van der Waals surface area (Å²) < 4.78 is 1.16. The van der Waals surface area contributed by atoms with Crippen LogP contribution in [0.15, 0.2) is 46.1 Å². The van der Waals surface area contributed by atoms with E-state index in [1.54, 1.807) is 0 Å². The van der Waals surface area contributed by atoms with Crippen LogP contribution < -0.4 is 16.6 Å². The van der Waals surface area contributed by atoms with Crippen molar-refractivity contribution in [2.75, 3.05) is 32.7 Å². The molecule has 8 heteroatoms. The van der Waals surface area contributed by atoms with E-state index in [1.165, 1.54) is 17.8 Å². The van der Waals surface area contributed by atoms with E-state index in [2.05, 4.69) is 39.2 Å². The maximum atomic E-state index is 12.0. The summed E-state index contributed by atoms with van der Waals surface area (Å²) in [4.78, 5) is 41.7. The van der Waals surface area contributed by atoms with E-state index >= 15 is 0 Å². The van der Waals surface area contributed by atoms with Crippen molar-refractivity contribution in [2.24, 2.45) is 0 Å². The molecule has 0 unspecified atom stereocenters. The Morgan fingerprint density at radius 2 is 1.64 bits per heavy atom. The highest BCUT2D eigenvalue weighted by molar-refractivity contribution is 5.75. The van der Waals surface area contributed by atoms with Gasteiger partial charge in [-0.1, -0.05) is 31.2 Å². The van der Waals surface area contributed by atoms with E-state index in [-0.39, 0.29) is 12.5 Å². The van der Waals surface area contributed by atoms with E-state index in [4.69, 9.17) is 0 Å². The fourth-order valence-corrected chi connectivity index (χ4v) is 3.26.